The van der Waals surface area contributed by atoms with Gasteiger partial charge in [0.2, 0.25) is 0 Å². The van der Waals surface area contributed by atoms with Crippen molar-refractivity contribution in [2.45, 2.75) is 19.8 Å². The van der Waals surface area contributed by atoms with Gasteiger partial charge in [0.1, 0.15) is 0 Å². The number of nitrogens with two attached hydrogens (primary N) is 1. The first-order valence-electron chi connectivity index (χ1n) is 6.04. The molecule has 3 N–H and O–H groups in total. The summed E-state index contributed by atoms with van der Waals surface area (Å²) in [6.07, 6.45) is 2.69. The van der Waals surface area contributed by atoms with Crippen LogP contribution in [0.5, 0.6) is 0 Å². The molecule has 0 aromatic heterocycles. The van der Waals surface area contributed by atoms with Crippen LogP contribution in [0.1, 0.15) is 18.4 Å². The SMILES string of the molecule is Cc1cc(NCCOCC2CC2)c(Br)cc1N. The number of nitrogens with one attached hydrogen (secondary N) is 1. The Bertz CT molecular complexity index is 391. The fourth-order valence-electron chi connectivity index (χ4n) is 1.62. The van der Waals surface area contributed by atoms with E-state index >= 15 is 0 Å². The molecule has 3 nitrogen and oxygen atoms in total. The molecule has 1 fully saturated rings. The predicted octanol–water partition coefficient (Wildman–Crippen LogP) is 3.18. The molecule has 0 radical (unpaired) electrons. The van der Waals surface area contributed by atoms with E-state index in [1.54, 1.807) is 0 Å². The molecule has 0 atom stereocenters. The maximum absolute atomic E-state index is 5.82. The zero-order valence-electron chi connectivity index (χ0n) is 10.1. The van der Waals surface area contributed by atoms with E-state index in [2.05, 4.69) is 27.3 Å². The lowest BCUT2D eigenvalue weighted by atomic mass is 10.2. The second kappa shape index (κ2) is 5.74. The van der Waals surface area contributed by atoms with Gasteiger partial charge in [-0.05, 0) is 59.3 Å². The lowest BCUT2D eigenvalue weighted by Gasteiger charge is -2.11. The first-order valence-corrected chi connectivity index (χ1v) is 6.83. The topological polar surface area (TPSA) is 47.3 Å². The number of aryl methyl sites for hydroxylation is 1. The summed E-state index contributed by atoms with van der Waals surface area (Å²) in [4.78, 5) is 0. The molecular formula is C13H19BrN2O. The maximum atomic E-state index is 5.82. The van der Waals surface area contributed by atoms with Crippen molar-refractivity contribution >= 4 is 27.3 Å². The third kappa shape index (κ3) is 3.89. The highest BCUT2D eigenvalue weighted by Crippen LogP contribution is 2.29. The Hall–Kier alpha value is -0.740. The lowest BCUT2D eigenvalue weighted by Crippen LogP contribution is -2.11. The van der Waals surface area contributed by atoms with Crippen molar-refractivity contribution in [2.75, 3.05) is 30.8 Å². The van der Waals surface area contributed by atoms with Gasteiger partial charge in [0.15, 0.2) is 0 Å². The van der Waals surface area contributed by atoms with Crippen LogP contribution in [-0.4, -0.2) is 19.8 Å². The van der Waals surface area contributed by atoms with Crippen molar-refractivity contribution in [3.63, 3.8) is 0 Å². The van der Waals surface area contributed by atoms with E-state index in [-0.39, 0.29) is 0 Å². The van der Waals surface area contributed by atoms with Crippen LogP contribution in [0.3, 0.4) is 0 Å². The maximum Gasteiger partial charge on any atom is 0.0639 e. The van der Waals surface area contributed by atoms with Crippen molar-refractivity contribution in [2.24, 2.45) is 5.92 Å². The number of hydrogen-bond donors (Lipinski definition) is 2. The molecule has 0 amide bonds. The van der Waals surface area contributed by atoms with Crippen LogP contribution in [0.15, 0.2) is 16.6 Å². The summed E-state index contributed by atoms with van der Waals surface area (Å²) in [5.41, 5.74) is 8.80. The van der Waals surface area contributed by atoms with Gasteiger partial charge in [-0.15, -0.1) is 0 Å². The highest BCUT2D eigenvalue weighted by molar-refractivity contribution is 9.10. The van der Waals surface area contributed by atoms with Crippen LogP contribution in [0.2, 0.25) is 0 Å². The summed E-state index contributed by atoms with van der Waals surface area (Å²) < 4.78 is 6.57. The van der Waals surface area contributed by atoms with E-state index < -0.39 is 0 Å². The van der Waals surface area contributed by atoms with E-state index in [9.17, 15) is 0 Å². The van der Waals surface area contributed by atoms with Crippen molar-refractivity contribution < 1.29 is 4.74 Å². The fourth-order valence-corrected chi connectivity index (χ4v) is 2.13. The second-order valence-corrected chi connectivity index (χ2v) is 5.49. The number of hydrogen-bond acceptors (Lipinski definition) is 3. The third-order valence-corrected chi connectivity index (χ3v) is 3.62. The van der Waals surface area contributed by atoms with Crippen LogP contribution in [0, 0.1) is 12.8 Å². The molecular weight excluding hydrogens is 280 g/mol. The second-order valence-electron chi connectivity index (χ2n) is 4.63. The molecule has 94 valence electrons. The first kappa shape index (κ1) is 12.7. The molecule has 1 aromatic carbocycles. The van der Waals surface area contributed by atoms with E-state index in [1.165, 1.54) is 12.8 Å². The smallest absolute Gasteiger partial charge is 0.0639 e. The summed E-state index contributed by atoms with van der Waals surface area (Å²) in [6, 6.07) is 3.99. The lowest BCUT2D eigenvalue weighted by molar-refractivity contribution is 0.134. The minimum atomic E-state index is 0.756. The van der Waals surface area contributed by atoms with Crippen LogP contribution < -0.4 is 11.1 Å². The van der Waals surface area contributed by atoms with Gasteiger partial charge in [0.25, 0.3) is 0 Å². The van der Waals surface area contributed by atoms with Crippen LogP contribution in [0.25, 0.3) is 0 Å². The molecule has 0 bridgehead atoms. The van der Waals surface area contributed by atoms with Gasteiger partial charge < -0.3 is 15.8 Å². The Morgan fingerprint density at radius 3 is 2.94 bits per heavy atom. The normalized spacial score (nSPS) is 14.9. The monoisotopic (exact) mass is 298 g/mol. The van der Waals surface area contributed by atoms with Crippen molar-refractivity contribution in [3.05, 3.63) is 22.2 Å². The van der Waals surface area contributed by atoms with E-state index in [1.807, 2.05) is 13.0 Å². The number of ether oxygens (including phenoxy) is 1. The average Bonchev–Trinajstić information content (AvgIpc) is 3.08. The third-order valence-electron chi connectivity index (χ3n) is 2.97. The molecule has 1 aromatic rings. The van der Waals surface area contributed by atoms with Gasteiger partial charge in [-0.1, -0.05) is 0 Å². The Labute approximate surface area is 111 Å². The summed E-state index contributed by atoms with van der Waals surface area (Å²) in [7, 11) is 0. The van der Waals surface area contributed by atoms with Gasteiger partial charge in [-0.2, -0.15) is 0 Å². The Morgan fingerprint density at radius 2 is 2.24 bits per heavy atom. The zero-order valence-corrected chi connectivity index (χ0v) is 11.7. The van der Waals surface area contributed by atoms with Crippen LogP contribution in [-0.2, 0) is 4.74 Å². The molecule has 0 aliphatic heterocycles. The Morgan fingerprint density at radius 1 is 1.47 bits per heavy atom. The highest BCUT2D eigenvalue weighted by atomic mass is 79.9. The highest BCUT2D eigenvalue weighted by Gasteiger charge is 2.20. The molecule has 17 heavy (non-hydrogen) atoms. The van der Waals surface area contributed by atoms with Gasteiger partial charge >= 0.3 is 0 Å². The molecule has 0 unspecified atom stereocenters. The molecule has 4 heteroatoms. The minimum absolute atomic E-state index is 0.756. The van der Waals surface area contributed by atoms with Crippen LogP contribution >= 0.6 is 15.9 Å². The number of benzene rings is 1. The molecule has 2 rings (SSSR count). The summed E-state index contributed by atoms with van der Waals surface area (Å²) in [5, 5.41) is 3.35. The minimum Gasteiger partial charge on any atom is -0.398 e. The average molecular weight is 299 g/mol. The van der Waals surface area contributed by atoms with Gasteiger partial charge in [-0.3, -0.25) is 0 Å². The summed E-state index contributed by atoms with van der Waals surface area (Å²) >= 11 is 3.50. The number of nitrogen functional groups attached to an aromatic ring is 1. The van der Waals surface area contributed by atoms with E-state index in [0.29, 0.717) is 0 Å². The Balaban J connectivity index is 1.75. The number of anilines is 2. The van der Waals surface area contributed by atoms with Gasteiger partial charge in [-0.25, -0.2) is 0 Å². The van der Waals surface area contributed by atoms with Crippen LogP contribution in [0.4, 0.5) is 11.4 Å². The number of rotatable bonds is 6. The molecule has 1 aliphatic carbocycles. The molecule has 0 heterocycles. The Kier molecular flexibility index (Phi) is 4.29. The predicted molar refractivity (Wildman–Crippen MR) is 75.3 cm³/mol. The fraction of sp³-hybridized carbons (Fsp3) is 0.538. The molecule has 0 saturated heterocycles. The largest absolute Gasteiger partial charge is 0.398 e. The standard InChI is InChI=1S/C13H19BrN2O/c1-9-6-13(11(14)7-12(9)15)16-4-5-17-8-10-2-3-10/h6-7,10,16H,2-5,8,15H2,1H3. The number of halogens is 1. The van der Waals surface area contributed by atoms with E-state index in [0.717, 1.165) is 47.1 Å². The quantitative estimate of drug-likeness (QED) is 0.626. The van der Waals surface area contributed by atoms with E-state index in [4.69, 9.17) is 10.5 Å². The van der Waals surface area contributed by atoms with Crippen molar-refractivity contribution in [1.29, 1.82) is 0 Å². The van der Waals surface area contributed by atoms with Crippen molar-refractivity contribution in [3.8, 4) is 0 Å². The summed E-state index contributed by atoms with van der Waals surface area (Å²) in [6.45, 7) is 4.52. The van der Waals surface area contributed by atoms with Crippen molar-refractivity contribution in [1.82, 2.24) is 0 Å². The zero-order chi connectivity index (χ0) is 12.3. The molecule has 0 spiro atoms. The van der Waals surface area contributed by atoms with Gasteiger partial charge in [0, 0.05) is 29.0 Å². The first-order chi connectivity index (χ1) is 8.16. The molecule has 1 saturated carbocycles. The molecule has 1 aliphatic rings. The summed E-state index contributed by atoms with van der Waals surface area (Å²) in [5.74, 6) is 0.834. The van der Waals surface area contributed by atoms with Gasteiger partial charge in [0.05, 0.1) is 6.61 Å².